The molecule has 5 nitrogen and oxygen atoms in total. The van der Waals surface area contributed by atoms with Gasteiger partial charge in [-0.05, 0) is 39.4 Å². The molecule has 3 N–H and O–H groups in total. The molecule has 0 aliphatic heterocycles. The van der Waals surface area contributed by atoms with Crippen molar-refractivity contribution in [1.82, 2.24) is 5.32 Å². The molecule has 0 aliphatic rings. The van der Waals surface area contributed by atoms with Crippen molar-refractivity contribution in [3.05, 3.63) is 29.3 Å². The maximum absolute atomic E-state index is 12.0. The summed E-state index contributed by atoms with van der Waals surface area (Å²) in [5, 5.41) is 14.7. The van der Waals surface area contributed by atoms with E-state index >= 15 is 0 Å². The Labute approximate surface area is 106 Å². The second kappa shape index (κ2) is 5.18. The first-order valence-electron chi connectivity index (χ1n) is 5.63. The van der Waals surface area contributed by atoms with Gasteiger partial charge in [-0.2, -0.15) is 0 Å². The fourth-order valence-corrected chi connectivity index (χ4v) is 1.45. The first kappa shape index (κ1) is 14.2. The summed E-state index contributed by atoms with van der Waals surface area (Å²) < 4.78 is 0. The van der Waals surface area contributed by atoms with Gasteiger partial charge in [-0.25, -0.2) is 4.79 Å². The second-order valence-electron chi connectivity index (χ2n) is 4.63. The number of anilines is 1. The number of carboxylic acid groups (broad SMARTS) is 1. The fourth-order valence-electron chi connectivity index (χ4n) is 1.45. The van der Waals surface area contributed by atoms with Gasteiger partial charge in [-0.15, -0.1) is 0 Å². The molecular formula is C13H18N2O3. The maximum Gasteiger partial charge on any atom is 0.338 e. The van der Waals surface area contributed by atoms with E-state index in [-0.39, 0.29) is 11.5 Å². The molecule has 0 bridgehead atoms. The molecule has 18 heavy (non-hydrogen) atoms. The quantitative estimate of drug-likeness (QED) is 0.759. The Kier molecular flexibility index (Phi) is 4.08. The van der Waals surface area contributed by atoms with Crippen molar-refractivity contribution in [2.75, 3.05) is 12.4 Å². The molecule has 0 saturated carbocycles. The molecule has 0 spiro atoms. The number of hydrogen-bond donors (Lipinski definition) is 3. The normalized spacial score (nSPS) is 11.1. The van der Waals surface area contributed by atoms with Crippen LogP contribution in [0.2, 0.25) is 0 Å². The lowest BCUT2D eigenvalue weighted by molar-refractivity contribution is -0.121. The molecule has 0 fully saturated rings. The lowest BCUT2D eigenvalue weighted by Crippen LogP contribution is -2.48. The van der Waals surface area contributed by atoms with Crippen molar-refractivity contribution < 1.29 is 14.7 Å². The number of hydrogen-bond acceptors (Lipinski definition) is 3. The minimum absolute atomic E-state index is 0.123. The minimum Gasteiger partial charge on any atom is -0.478 e. The van der Waals surface area contributed by atoms with Crippen LogP contribution in [0, 0.1) is 6.92 Å². The van der Waals surface area contributed by atoms with E-state index in [2.05, 4.69) is 10.6 Å². The van der Waals surface area contributed by atoms with Crippen molar-refractivity contribution in [3.8, 4) is 0 Å². The number of carboxylic acids is 1. The molecule has 98 valence electrons. The average Bonchev–Trinajstić information content (AvgIpc) is 2.28. The van der Waals surface area contributed by atoms with Crippen molar-refractivity contribution in [1.29, 1.82) is 0 Å². The van der Waals surface area contributed by atoms with Crippen molar-refractivity contribution in [3.63, 3.8) is 0 Å². The zero-order valence-electron chi connectivity index (χ0n) is 11.0. The molecular weight excluding hydrogens is 232 g/mol. The molecule has 0 aromatic heterocycles. The van der Waals surface area contributed by atoms with Gasteiger partial charge in [0.05, 0.1) is 16.8 Å². The molecule has 0 heterocycles. The van der Waals surface area contributed by atoms with Crippen molar-refractivity contribution in [2.45, 2.75) is 26.3 Å². The summed E-state index contributed by atoms with van der Waals surface area (Å²) in [6.07, 6.45) is 0. The standard InChI is InChI=1S/C13H18N2O3/c1-8-6-5-7-9(10(8)11(16)17)15-12(18)13(2,3)14-4/h5-7,14H,1-4H3,(H,15,18)(H,16,17). The summed E-state index contributed by atoms with van der Waals surface area (Å²) >= 11 is 0. The Morgan fingerprint density at radius 3 is 2.39 bits per heavy atom. The molecule has 5 heteroatoms. The third kappa shape index (κ3) is 2.87. The van der Waals surface area contributed by atoms with Gasteiger partial charge in [0.15, 0.2) is 0 Å². The van der Waals surface area contributed by atoms with Gasteiger partial charge >= 0.3 is 5.97 Å². The van der Waals surface area contributed by atoms with Crippen molar-refractivity contribution in [2.24, 2.45) is 0 Å². The minimum atomic E-state index is -1.05. The summed E-state index contributed by atoms with van der Waals surface area (Å²) in [6, 6.07) is 4.99. The van der Waals surface area contributed by atoms with Gasteiger partial charge in [0, 0.05) is 0 Å². The van der Waals surface area contributed by atoms with Crippen LogP contribution in [0.3, 0.4) is 0 Å². The number of amides is 1. The Balaban J connectivity index is 3.09. The summed E-state index contributed by atoms with van der Waals surface area (Å²) in [4.78, 5) is 23.2. The molecule has 1 rings (SSSR count). The predicted octanol–water partition coefficient (Wildman–Crippen LogP) is 1.63. The molecule has 0 unspecified atom stereocenters. The van der Waals surface area contributed by atoms with Gasteiger partial charge in [0.25, 0.3) is 0 Å². The predicted molar refractivity (Wildman–Crippen MR) is 69.9 cm³/mol. The summed E-state index contributed by atoms with van der Waals surface area (Å²) in [7, 11) is 1.67. The van der Waals surface area contributed by atoms with E-state index in [0.29, 0.717) is 11.3 Å². The van der Waals surface area contributed by atoms with Gasteiger partial charge < -0.3 is 15.7 Å². The Morgan fingerprint density at radius 1 is 1.28 bits per heavy atom. The monoisotopic (exact) mass is 250 g/mol. The first-order valence-corrected chi connectivity index (χ1v) is 5.63. The van der Waals surface area contributed by atoms with E-state index in [1.807, 2.05) is 0 Å². The number of benzene rings is 1. The number of likely N-dealkylation sites (N-methyl/N-ethyl adjacent to an activating group) is 1. The zero-order chi connectivity index (χ0) is 13.9. The first-order chi connectivity index (χ1) is 8.29. The number of rotatable bonds is 4. The number of carbonyl (C=O) groups is 2. The molecule has 1 aromatic carbocycles. The Morgan fingerprint density at radius 2 is 1.89 bits per heavy atom. The molecule has 0 saturated heterocycles. The van der Waals surface area contributed by atoms with E-state index in [1.54, 1.807) is 46.0 Å². The van der Waals surface area contributed by atoms with Crippen LogP contribution in [-0.4, -0.2) is 29.6 Å². The highest BCUT2D eigenvalue weighted by Gasteiger charge is 2.26. The highest BCUT2D eigenvalue weighted by molar-refractivity contribution is 6.04. The van der Waals surface area contributed by atoms with Crippen LogP contribution < -0.4 is 10.6 Å². The van der Waals surface area contributed by atoms with E-state index in [0.717, 1.165) is 0 Å². The third-order valence-corrected chi connectivity index (χ3v) is 2.93. The Bertz CT molecular complexity index is 481. The van der Waals surface area contributed by atoms with E-state index in [4.69, 9.17) is 5.11 Å². The molecule has 1 aromatic rings. The fraction of sp³-hybridized carbons (Fsp3) is 0.385. The number of aromatic carboxylic acids is 1. The van der Waals surface area contributed by atoms with Crippen LogP contribution in [0.4, 0.5) is 5.69 Å². The van der Waals surface area contributed by atoms with Crippen LogP contribution in [0.5, 0.6) is 0 Å². The number of nitrogens with one attached hydrogen (secondary N) is 2. The summed E-state index contributed by atoms with van der Waals surface area (Å²) in [5.41, 5.74) is 0.288. The lowest BCUT2D eigenvalue weighted by Gasteiger charge is -2.23. The van der Waals surface area contributed by atoms with E-state index in [9.17, 15) is 9.59 Å². The van der Waals surface area contributed by atoms with Crippen LogP contribution >= 0.6 is 0 Å². The SMILES string of the molecule is CNC(C)(C)C(=O)Nc1cccc(C)c1C(=O)O. The molecule has 0 atom stereocenters. The summed E-state index contributed by atoms with van der Waals surface area (Å²) in [6.45, 7) is 5.14. The van der Waals surface area contributed by atoms with Crippen LogP contribution in [0.25, 0.3) is 0 Å². The maximum atomic E-state index is 12.0. The van der Waals surface area contributed by atoms with E-state index in [1.165, 1.54) is 0 Å². The molecule has 1 amide bonds. The molecule has 0 aliphatic carbocycles. The van der Waals surface area contributed by atoms with Gasteiger partial charge in [0.1, 0.15) is 0 Å². The van der Waals surface area contributed by atoms with E-state index < -0.39 is 11.5 Å². The largest absolute Gasteiger partial charge is 0.478 e. The second-order valence-corrected chi connectivity index (χ2v) is 4.63. The zero-order valence-corrected chi connectivity index (χ0v) is 11.0. The lowest BCUT2D eigenvalue weighted by atomic mass is 10.0. The van der Waals surface area contributed by atoms with Gasteiger partial charge in [0.2, 0.25) is 5.91 Å². The van der Waals surface area contributed by atoms with Crippen LogP contribution in [-0.2, 0) is 4.79 Å². The van der Waals surface area contributed by atoms with Crippen molar-refractivity contribution >= 4 is 17.6 Å². The van der Waals surface area contributed by atoms with Gasteiger partial charge in [-0.3, -0.25) is 4.79 Å². The number of aryl methyl sites for hydroxylation is 1. The highest BCUT2D eigenvalue weighted by atomic mass is 16.4. The summed E-state index contributed by atoms with van der Waals surface area (Å²) in [5.74, 6) is -1.33. The highest BCUT2D eigenvalue weighted by Crippen LogP contribution is 2.20. The van der Waals surface area contributed by atoms with Gasteiger partial charge in [-0.1, -0.05) is 12.1 Å². The molecule has 0 radical (unpaired) electrons. The average molecular weight is 250 g/mol. The third-order valence-electron chi connectivity index (χ3n) is 2.93. The van der Waals surface area contributed by atoms with Crippen LogP contribution in [0.15, 0.2) is 18.2 Å². The Hall–Kier alpha value is -1.88. The number of carbonyl (C=O) groups excluding carboxylic acids is 1. The topological polar surface area (TPSA) is 78.4 Å². The smallest absolute Gasteiger partial charge is 0.338 e. The van der Waals surface area contributed by atoms with Crippen LogP contribution in [0.1, 0.15) is 29.8 Å².